The summed E-state index contributed by atoms with van der Waals surface area (Å²) in [5, 5.41) is 6.53. The molecule has 0 saturated heterocycles. The highest BCUT2D eigenvalue weighted by atomic mass is 127. The molecule has 0 aromatic carbocycles. The smallest absolute Gasteiger partial charge is 0.224 e. The van der Waals surface area contributed by atoms with Crippen molar-refractivity contribution in [1.29, 1.82) is 0 Å². The van der Waals surface area contributed by atoms with Crippen molar-refractivity contribution in [3.63, 3.8) is 0 Å². The molecule has 1 atom stereocenters. The van der Waals surface area contributed by atoms with Gasteiger partial charge in [0.25, 0.3) is 0 Å². The fourth-order valence-electron chi connectivity index (χ4n) is 3.07. The van der Waals surface area contributed by atoms with E-state index in [1.54, 1.807) is 6.26 Å². The number of nitrogens with one attached hydrogen (secondary N) is 2. The molecule has 1 aromatic rings. The number of nitrogens with zero attached hydrogens (tertiary/aromatic N) is 3. The van der Waals surface area contributed by atoms with Crippen LogP contribution in [0.15, 0.2) is 27.8 Å². The lowest BCUT2D eigenvalue weighted by Gasteiger charge is -2.27. The van der Waals surface area contributed by atoms with E-state index in [1.807, 2.05) is 37.8 Å². The van der Waals surface area contributed by atoms with Crippen LogP contribution in [0.5, 0.6) is 0 Å². The fraction of sp³-hybridized carbons (Fsp3) is 0.700. The molecule has 1 amide bonds. The van der Waals surface area contributed by atoms with Crippen LogP contribution in [0.25, 0.3) is 0 Å². The minimum atomic E-state index is 0. The number of rotatable bonds is 12. The third kappa shape index (κ3) is 8.81. The third-order valence-electron chi connectivity index (χ3n) is 4.64. The highest BCUT2D eigenvalue weighted by Crippen LogP contribution is 2.21. The van der Waals surface area contributed by atoms with E-state index in [9.17, 15) is 4.79 Å². The van der Waals surface area contributed by atoms with Crippen LogP contribution in [0.3, 0.4) is 0 Å². The number of halogens is 1. The van der Waals surface area contributed by atoms with Crippen molar-refractivity contribution in [2.24, 2.45) is 4.99 Å². The topological polar surface area (TPSA) is 73.1 Å². The van der Waals surface area contributed by atoms with Crippen molar-refractivity contribution in [2.45, 2.75) is 47.1 Å². The summed E-state index contributed by atoms with van der Waals surface area (Å²) in [5.74, 6) is 1.82. The Bertz CT molecular complexity index is 543. The molecule has 0 spiro atoms. The summed E-state index contributed by atoms with van der Waals surface area (Å²) in [6.07, 6.45) is 2.17. The molecule has 162 valence electrons. The first-order valence-electron chi connectivity index (χ1n) is 10.2. The van der Waals surface area contributed by atoms with Crippen LogP contribution < -0.4 is 10.6 Å². The number of aliphatic imine (C=N–C) groups is 1. The summed E-state index contributed by atoms with van der Waals surface area (Å²) in [4.78, 5) is 21.1. The lowest BCUT2D eigenvalue weighted by Crippen LogP contribution is -2.41. The summed E-state index contributed by atoms with van der Waals surface area (Å²) < 4.78 is 5.63. The highest BCUT2D eigenvalue weighted by Gasteiger charge is 2.20. The Morgan fingerprint density at radius 1 is 1.11 bits per heavy atom. The quantitative estimate of drug-likeness (QED) is 0.259. The maximum absolute atomic E-state index is 12.1. The third-order valence-corrected chi connectivity index (χ3v) is 4.64. The van der Waals surface area contributed by atoms with Gasteiger partial charge in [0.2, 0.25) is 5.91 Å². The van der Waals surface area contributed by atoms with Crippen molar-refractivity contribution < 1.29 is 9.21 Å². The second-order valence-electron chi connectivity index (χ2n) is 6.21. The van der Waals surface area contributed by atoms with E-state index < -0.39 is 0 Å². The average Bonchev–Trinajstić information content (AvgIpc) is 3.20. The van der Waals surface area contributed by atoms with Gasteiger partial charge in [-0.2, -0.15) is 0 Å². The molecule has 0 aliphatic carbocycles. The Labute approximate surface area is 187 Å². The van der Waals surface area contributed by atoms with Crippen LogP contribution in [-0.4, -0.2) is 67.5 Å². The van der Waals surface area contributed by atoms with Crippen molar-refractivity contribution in [1.82, 2.24) is 20.4 Å². The van der Waals surface area contributed by atoms with Crippen molar-refractivity contribution in [2.75, 3.05) is 45.8 Å². The molecule has 7 nitrogen and oxygen atoms in total. The molecule has 0 bridgehead atoms. The highest BCUT2D eigenvalue weighted by molar-refractivity contribution is 14.0. The first-order valence-corrected chi connectivity index (χ1v) is 10.2. The largest absolute Gasteiger partial charge is 0.468 e. The minimum Gasteiger partial charge on any atom is -0.468 e. The van der Waals surface area contributed by atoms with E-state index in [0.717, 1.165) is 44.4 Å². The van der Waals surface area contributed by atoms with Crippen molar-refractivity contribution in [3.8, 4) is 0 Å². The second kappa shape index (κ2) is 15.6. The average molecular weight is 507 g/mol. The van der Waals surface area contributed by atoms with Gasteiger partial charge in [-0.05, 0) is 46.0 Å². The molecular formula is C20H38IN5O2. The van der Waals surface area contributed by atoms with Gasteiger partial charge < -0.3 is 20.0 Å². The fourth-order valence-corrected chi connectivity index (χ4v) is 3.07. The molecule has 8 heteroatoms. The number of hydrogen-bond donors (Lipinski definition) is 2. The van der Waals surface area contributed by atoms with Crippen LogP contribution in [0, 0.1) is 0 Å². The summed E-state index contributed by atoms with van der Waals surface area (Å²) in [6.45, 7) is 15.6. The van der Waals surface area contributed by atoms with Crippen molar-refractivity contribution in [3.05, 3.63) is 24.2 Å². The van der Waals surface area contributed by atoms with E-state index >= 15 is 0 Å². The SMILES string of the molecule is CCNC(=NCC(c1ccco1)N(CC)CC)NCCC(=O)N(CC)CC.I. The van der Waals surface area contributed by atoms with Crippen LogP contribution in [0.1, 0.15) is 52.8 Å². The van der Waals surface area contributed by atoms with Gasteiger partial charge in [0, 0.05) is 32.6 Å². The zero-order chi connectivity index (χ0) is 20.1. The van der Waals surface area contributed by atoms with E-state index in [2.05, 4.69) is 29.4 Å². The summed E-state index contributed by atoms with van der Waals surface area (Å²) in [7, 11) is 0. The van der Waals surface area contributed by atoms with Gasteiger partial charge in [-0.25, -0.2) is 0 Å². The number of likely N-dealkylation sites (N-methyl/N-ethyl adjacent to an activating group) is 1. The van der Waals surface area contributed by atoms with Gasteiger partial charge in [-0.1, -0.05) is 13.8 Å². The molecule has 0 saturated carbocycles. The second-order valence-corrected chi connectivity index (χ2v) is 6.21. The molecular weight excluding hydrogens is 469 g/mol. The summed E-state index contributed by atoms with van der Waals surface area (Å²) >= 11 is 0. The van der Waals surface area contributed by atoms with Gasteiger partial charge in [0.05, 0.1) is 18.8 Å². The number of guanidine groups is 1. The molecule has 0 fully saturated rings. The molecule has 1 rings (SSSR count). The minimum absolute atomic E-state index is 0. The van der Waals surface area contributed by atoms with E-state index in [0.29, 0.717) is 19.5 Å². The number of carbonyl (C=O) groups excluding carboxylic acids is 1. The summed E-state index contributed by atoms with van der Waals surface area (Å²) in [5.41, 5.74) is 0. The predicted molar refractivity (Wildman–Crippen MR) is 126 cm³/mol. The Balaban J connectivity index is 0.00000729. The molecule has 28 heavy (non-hydrogen) atoms. The van der Waals surface area contributed by atoms with E-state index in [1.165, 1.54) is 0 Å². The Morgan fingerprint density at radius 3 is 2.29 bits per heavy atom. The Morgan fingerprint density at radius 2 is 1.79 bits per heavy atom. The van der Waals surface area contributed by atoms with Gasteiger partial charge in [-0.15, -0.1) is 24.0 Å². The Kier molecular flexibility index (Phi) is 14.9. The van der Waals surface area contributed by atoms with Gasteiger partial charge in [-0.3, -0.25) is 14.7 Å². The van der Waals surface area contributed by atoms with Gasteiger partial charge in [0.15, 0.2) is 5.96 Å². The number of furan rings is 1. The lowest BCUT2D eigenvalue weighted by molar-refractivity contribution is -0.130. The zero-order valence-electron chi connectivity index (χ0n) is 18.0. The zero-order valence-corrected chi connectivity index (χ0v) is 20.4. The molecule has 2 N–H and O–H groups in total. The van der Waals surface area contributed by atoms with Crippen LogP contribution in [-0.2, 0) is 4.79 Å². The van der Waals surface area contributed by atoms with Crippen LogP contribution >= 0.6 is 24.0 Å². The van der Waals surface area contributed by atoms with E-state index in [-0.39, 0.29) is 35.9 Å². The molecule has 1 aromatic heterocycles. The first-order chi connectivity index (χ1) is 13.1. The molecule has 1 heterocycles. The van der Waals surface area contributed by atoms with Crippen molar-refractivity contribution >= 4 is 35.8 Å². The predicted octanol–water partition coefficient (Wildman–Crippen LogP) is 3.09. The maximum atomic E-state index is 12.1. The number of carbonyl (C=O) groups is 1. The number of amides is 1. The normalized spacial score (nSPS) is 12.4. The van der Waals surface area contributed by atoms with Gasteiger partial charge >= 0.3 is 0 Å². The molecule has 0 aliphatic rings. The van der Waals surface area contributed by atoms with Gasteiger partial charge in [0.1, 0.15) is 5.76 Å². The molecule has 1 unspecified atom stereocenters. The standard InChI is InChI=1S/C20H37N5O2.HI/c1-6-21-20(22-14-13-19(26)25(9-4)10-5)23-16-17(24(7-2)8-3)18-12-11-15-27-18;/h11-12,15,17H,6-10,13-14,16H2,1-5H3,(H2,21,22,23);1H. The molecule has 0 radical (unpaired) electrons. The van der Waals surface area contributed by atoms with Crippen LogP contribution in [0.4, 0.5) is 0 Å². The summed E-state index contributed by atoms with van der Waals surface area (Å²) in [6, 6.07) is 4.02. The van der Waals surface area contributed by atoms with Crippen LogP contribution in [0.2, 0.25) is 0 Å². The molecule has 0 aliphatic heterocycles. The first kappa shape index (κ1) is 26.7. The number of hydrogen-bond acceptors (Lipinski definition) is 4. The Hall–Kier alpha value is -1.29. The lowest BCUT2D eigenvalue weighted by atomic mass is 10.2. The van der Waals surface area contributed by atoms with E-state index in [4.69, 9.17) is 9.41 Å². The monoisotopic (exact) mass is 507 g/mol. The maximum Gasteiger partial charge on any atom is 0.224 e.